The van der Waals surface area contributed by atoms with Gasteiger partial charge in [-0.1, -0.05) is 0 Å². The first-order chi connectivity index (χ1) is 28.1. The maximum absolute atomic E-state index is 14.3. The van der Waals surface area contributed by atoms with Gasteiger partial charge in [0.15, 0.2) is 0 Å². The van der Waals surface area contributed by atoms with Gasteiger partial charge in [0.2, 0.25) is 0 Å². The predicted molar refractivity (Wildman–Crippen MR) is 229 cm³/mol. The molecular weight excluding hydrogens is 822 g/mol. The summed E-state index contributed by atoms with van der Waals surface area (Å²) in [7, 11) is -0.0181. The Bertz CT molecular complexity index is 1830. The van der Waals surface area contributed by atoms with Gasteiger partial charge in [0.25, 0.3) is 0 Å². The first-order valence-electron chi connectivity index (χ1n) is 20.5. The van der Waals surface area contributed by atoms with Crippen LogP contribution in [0.25, 0.3) is 10.4 Å². The van der Waals surface area contributed by atoms with Crippen LogP contribution in [0.5, 0.6) is 11.5 Å². The molecule has 0 bridgehead atoms. The zero-order valence-corrected chi connectivity index (χ0v) is 37.9. The van der Waals surface area contributed by atoms with Crippen molar-refractivity contribution in [2.24, 2.45) is 11.0 Å². The predicted octanol–water partition coefficient (Wildman–Crippen LogP) is 9.28. The van der Waals surface area contributed by atoms with E-state index in [9.17, 15) is 9.59 Å². The van der Waals surface area contributed by atoms with Crippen LogP contribution in [0.4, 0.5) is 0 Å². The molecule has 0 saturated carbocycles. The Hall–Kier alpha value is -3.87. The van der Waals surface area contributed by atoms with E-state index in [1.165, 1.54) is 7.11 Å². The molecule has 0 amide bonds. The third-order valence-electron chi connectivity index (χ3n) is 9.66. The summed E-state index contributed by atoms with van der Waals surface area (Å²) in [5.74, 6) is -1.13. The number of azide groups is 1. The molecule has 1 fully saturated rings. The summed E-state index contributed by atoms with van der Waals surface area (Å²) in [5.41, 5.74) is 10.3. The van der Waals surface area contributed by atoms with E-state index in [1.54, 1.807) is 30.3 Å². The van der Waals surface area contributed by atoms with Crippen LogP contribution in [0.1, 0.15) is 92.2 Å². The van der Waals surface area contributed by atoms with Crippen molar-refractivity contribution in [1.82, 2.24) is 0 Å². The molecule has 1 heterocycles. The fraction of sp³-hybridized carbons (Fsp3) is 0.545. The first kappa shape index (κ1) is 45.2. The Morgan fingerprint density at radius 3 is 2.34 bits per heavy atom. The third-order valence-corrected chi connectivity index (χ3v) is 14.1. The number of rotatable bonds is 24. The van der Waals surface area contributed by atoms with Crippen molar-refractivity contribution in [2.75, 3.05) is 33.7 Å². The van der Waals surface area contributed by atoms with Crippen LogP contribution >= 0.6 is 0 Å². The molecule has 1 aliphatic rings. The molecular formula is C44H61N3O9SeSi. The molecule has 14 heteroatoms. The topological polar surface area (TPSA) is 148 Å². The summed E-state index contributed by atoms with van der Waals surface area (Å²) in [6.07, 6.45) is 0.185. The molecule has 316 valence electrons. The van der Waals surface area contributed by atoms with Gasteiger partial charge in [0.05, 0.1) is 0 Å². The average molecular weight is 885 g/mol. The summed E-state index contributed by atoms with van der Waals surface area (Å²) in [6, 6.07) is 23.3. The van der Waals surface area contributed by atoms with Crippen LogP contribution in [0.15, 0.2) is 77.9 Å². The normalized spacial score (nSPS) is 18.5. The summed E-state index contributed by atoms with van der Waals surface area (Å²) >= 11 is -0.222. The number of ether oxygens (including phenoxy) is 7. The fourth-order valence-electron chi connectivity index (χ4n) is 6.50. The molecule has 1 saturated heterocycles. The standard InChI is InChI=1S/C44H61N3O9SeSi/c1-9-31(2)20-21-36(54-42(48)32-16-12-10-13-17-32)41-37(55-44(3,4)56-41)22-23-39(57-34-18-14-11-15-19-34)35-28-33(51-25-24-46-47-45)29-38(53-30-50-5)40(35)43(49)52-26-27-58(6,7)8/h10-19,28-29,31,36-37,39,41H,9,20-27,30H2,1-8H3/t31-,36+,37?,39+,41+/m0/s1/i9T/t9?,31-,36+,37?,39+,41+. The van der Waals surface area contributed by atoms with E-state index in [2.05, 4.69) is 41.8 Å². The van der Waals surface area contributed by atoms with Gasteiger partial charge in [-0.2, -0.15) is 0 Å². The van der Waals surface area contributed by atoms with Crippen LogP contribution in [0.3, 0.4) is 0 Å². The van der Waals surface area contributed by atoms with Crippen LogP contribution in [-0.2, 0) is 23.7 Å². The van der Waals surface area contributed by atoms with Gasteiger partial charge in [-0.05, 0) is 0 Å². The number of esters is 2. The molecule has 58 heavy (non-hydrogen) atoms. The van der Waals surface area contributed by atoms with E-state index < -0.39 is 44.1 Å². The second kappa shape index (κ2) is 23.1. The Kier molecular flexibility index (Phi) is 18.0. The van der Waals surface area contributed by atoms with Gasteiger partial charge >= 0.3 is 354 Å². The number of hydrogen-bond donors (Lipinski definition) is 0. The van der Waals surface area contributed by atoms with Gasteiger partial charge in [0.1, 0.15) is 0 Å². The van der Waals surface area contributed by atoms with Gasteiger partial charge < -0.3 is 0 Å². The molecule has 4 rings (SSSR count). The number of benzene rings is 3. The van der Waals surface area contributed by atoms with E-state index in [0.29, 0.717) is 48.1 Å². The minimum absolute atomic E-state index is 0.0688. The molecule has 0 radical (unpaired) electrons. The van der Waals surface area contributed by atoms with Crippen LogP contribution in [-0.4, -0.2) is 92.7 Å². The number of carbonyl (C=O) groups excluding carboxylic acids is 2. The summed E-state index contributed by atoms with van der Waals surface area (Å²) in [5, 5.41) is 3.61. The van der Waals surface area contributed by atoms with E-state index in [0.717, 1.165) is 10.5 Å². The Labute approximate surface area is 352 Å². The van der Waals surface area contributed by atoms with Crippen molar-refractivity contribution < 1.29 is 44.1 Å². The number of methoxy groups -OCH3 is 1. The molecule has 0 N–H and O–H groups in total. The molecule has 0 spiro atoms. The minimum atomic E-state index is -1.53. The van der Waals surface area contributed by atoms with Crippen LogP contribution in [0.2, 0.25) is 25.7 Å². The van der Waals surface area contributed by atoms with Gasteiger partial charge in [-0.15, -0.1) is 0 Å². The number of nitrogens with zero attached hydrogens (tertiary/aromatic N) is 3. The second-order valence-electron chi connectivity index (χ2n) is 16.0. The Morgan fingerprint density at radius 1 is 0.983 bits per heavy atom. The van der Waals surface area contributed by atoms with Crippen LogP contribution < -0.4 is 13.9 Å². The number of hydrogen-bond acceptors (Lipinski definition) is 10. The molecule has 6 atom stereocenters. The van der Waals surface area contributed by atoms with Crippen molar-refractivity contribution in [2.45, 2.75) is 114 Å². The average Bonchev–Trinajstić information content (AvgIpc) is 3.52. The third kappa shape index (κ3) is 15.1. The summed E-state index contributed by atoms with van der Waals surface area (Å²) in [4.78, 5) is 30.4. The van der Waals surface area contributed by atoms with E-state index in [4.69, 9.17) is 40.1 Å². The molecule has 3 aromatic carbocycles. The first-order valence-corrected chi connectivity index (χ1v) is 25.5. The van der Waals surface area contributed by atoms with Crippen molar-refractivity contribution >= 4 is 39.4 Å². The van der Waals surface area contributed by atoms with E-state index in [-0.39, 0.29) is 64.4 Å². The monoisotopic (exact) mass is 885 g/mol. The molecule has 2 unspecified atom stereocenters. The molecule has 0 aliphatic carbocycles. The Balaban J connectivity index is 1.77. The summed E-state index contributed by atoms with van der Waals surface area (Å²) in [6.45, 7) is 14.7. The van der Waals surface area contributed by atoms with E-state index >= 15 is 0 Å². The van der Waals surface area contributed by atoms with Crippen molar-refractivity contribution in [1.29, 1.82) is 0 Å². The quantitative estimate of drug-likeness (QED) is 0.0163. The number of carbonyl (C=O) groups is 2. The summed E-state index contributed by atoms with van der Waals surface area (Å²) < 4.78 is 52.3. The van der Waals surface area contributed by atoms with Crippen molar-refractivity contribution in [3.8, 4) is 11.5 Å². The van der Waals surface area contributed by atoms with Gasteiger partial charge in [0, 0.05) is 0 Å². The van der Waals surface area contributed by atoms with Crippen molar-refractivity contribution in [3.63, 3.8) is 0 Å². The van der Waals surface area contributed by atoms with Gasteiger partial charge in [-0.25, -0.2) is 0 Å². The maximum atomic E-state index is 14.3. The SMILES string of the molecule is [3H]C(C)[C@H](C)CC[C@@H](OC(=O)c1ccccc1)[C@H]1OC(C)(C)OC1CC[C@@H]([Se]c1ccccc1)c1cc(OCCN=[N+]=[N-])cc(OCOC)c1C(=O)OCC[Si](C)(C)C. The molecule has 1 aliphatic heterocycles. The fourth-order valence-corrected chi connectivity index (χ4v) is 9.75. The Morgan fingerprint density at radius 2 is 1.69 bits per heavy atom. The zero-order valence-electron chi connectivity index (χ0n) is 36.2. The van der Waals surface area contributed by atoms with E-state index in [1.807, 2.05) is 58.0 Å². The second-order valence-corrected chi connectivity index (χ2v) is 24.3. The molecule has 0 aromatic heterocycles. The molecule has 12 nitrogen and oxygen atoms in total. The van der Waals surface area contributed by atoms with Gasteiger partial charge in [-0.3, -0.25) is 0 Å². The zero-order chi connectivity index (χ0) is 43.0. The van der Waals surface area contributed by atoms with Crippen molar-refractivity contribution in [3.05, 3.63) is 99.9 Å². The molecule has 3 aromatic rings. The van der Waals surface area contributed by atoms with Crippen LogP contribution in [0, 0.1) is 5.92 Å².